The van der Waals surface area contributed by atoms with Crippen LogP contribution >= 0.6 is 0 Å². The van der Waals surface area contributed by atoms with E-state index in [2.05, 4.69) is 48.2 Å². The van der Waals surface area contributed by atoms with Gasteiger partial charge in [-0.25, -0.2) is 8.78 Å². The Labute approximate surface area is 380 Å². The highest BCUT2D eigenvalue weighted by atomic mass is 19.1. The van der Waals surface area contributed by atoms with Crippen molar-refractivity contribution in [2.24, 2.45) is 11.3 Å². The van der Waals surface area contributed by atoms with Crippen molar-refractivity contribution < 1.29 is 37.8 Å². The number of likely N-dealkylation sites (tertiary alicyclic amines) is 1. The molecule has 5 fully saturated rings. The number of halogens is 2. The minimum Gasteiger partial charge on any atom is -0.508 e. The fourth-order valence-corrected chi connectivity index (χ4v) is 9.77. The zero-order valence-electron chi connectivity index (χ0n) is 36.4. The second kappa shape index (κ2) is 18.1. The van der Waals surface area contributed by atoms with Crippen LogP contribution in [0.5, 0.6) is 11.8 Å². The fraction of sp³-hybridized carbons (Fsp3) is 0.380. The first-order valence-electron chi connectivity index (χ1n) is 22.1. The number of carbonyl (C=O) groups excluding carboxylic acids is 4. The van der Waals surface area contributed by atoms with Crippen molar-refractivity contribution in [2.75, 3.05) is 44.2 Å². The number of anilines is 1. The number of hydrogen-bond donors (Lipinski definition) is 3. The number of imide groups is 1. The number of carbonyl (C=O) groups is 4. The lowest BCUT2D eigenvalue weighted by Gasteiger charge is -2.38. The van der Waals surface area contributed by atoms with Gasteiger partial charge in [0.1, 0.15) is 41.4 Å². The van der Waals surface area contributed by atoms with Crippen LogP contribution in [-0.2, 0) is 25.7 Å². The Hall–Kier alpha value is -7.01. The van der Waals surface area contributed by atoms with Crippen molar-refractivity contribution in [3.63, 3.8) is 0 Å². The molecule has 10 rings (SSSR count). The molecule has 3 atom stereocenters. The van der Waals surface area contributed by atoms with Gasteiger partial charge in [-0.3, -0.25) is 24.7 Å². The number of piperazine rings is 1. The van der Waals surface area contributed by atoms with Crippen molar-refractivity contribution in [3.8, 4) is 47.2 Å². The SMILES string of the molecule is C#Cc1c(F)ccc2cc(O)cc(-c3ncc4c(N5CC6CCC(C5)N6)nc(OCC5(CN6CC(C#Cc7ccc(C)c(CN(C=O)C8CCC(=O)NC8=O)c7)C6)CC5)nc4c3F)c12.C=O. The van der Waals surface area contributed by atoms with Gasteiger partial charge in [0.15, 0.2) is 5.82 Å². The number of nitrogens with zero attached hydrogens (tertiary/aromatic N) is 6. The molecule has 0 radical (unpaired) electrons. The lowest BCUT2D eigenvalue weighted by atomic mass is 9.96. The van der Waals surface area contributed by atoms with E-state index in [9.17, 15) is 23.9 Å². The summed E-state index contributed by atoms with van der Waals surface area (Å²) in [4.78, 5) is 64.1. The summed E-state index contributed by atoms with van der Waals surface area (Å²) < 4.78 is 38.4. The smallest absolute Gasteiger partial charge is 0.319 e. The number of ether oxygens (including phenoxy) is 1. The van der Waals surface area contributed by atoms with E-state index < -0.39 is 23.6 Å². The predicted molar refractivity (Wildman–Crippen MR) is 242 cm³/mol. The van der Waals surface area contributed by atoms with Crippen molar-refractivity contribution >= 4 is 52.5 Å². The maximum absolute atomic E-state index is 17.0. The van der Waals surface area contributed by atoms with Crippen LogP contribution in [0.15, 0.2) is 48.7 Å². The van der Waals surface area contributed by atoms with Crippen LogP contribution in [0.2, 0.25) is 0 Å². The monoisotopic (exact) mass is 894 g/mol. The number of hydrogen-bond acceptors (Lipinski definition) is 12. The number of terminal acetylenes is 1. The van der Waals surface area contributed by atoms with Crippen LogP contribution < -0.4 is 20.3 Å². The van der Waals surface area contributed by atoms with Gasteiger partial charge < -0.3 is 34.7 Å². The molecular formula is C50H48F2N8O6. The Morgan fingerprint density at radius 3 is 2.53 bits per heavy atom. The number of aromatic nitrogens is 3. The largest absolute Gasteiger partial charge is 0.508 e. The average Bonchev–Trinajstić information content (AvgIpc) is 4.00. The number of nitrogens with one attached hydrogen (secondary N) is 2. The second-order valence-electron chi connectivity index (χ2n) is 18.0. The Morgan fingerprint density at radius 1 is 1.05 bits per heavy atom. The summed E-state index contributed by atoms with van der Waals surface area (Å²) in [5.41, 5.74) is 2.55. The van der Waals surface area contributed by atoms with E-state index in [-0.39, 0.29) is 81.8 Å². The van der Waals surface area contributed by atoms with Gasteiger partial charge in [-0.05, 0) is 85.9 Å². The zero-order valence-corrected chi connectivity index (χ0v) is 36.4. The van der Waals surface area contributed by atoms with Gasteiger partial charge in [-0.1, -0.05) is 29.9 Å². The van der Waals surface area contributed by atoms with Gasteiger partial charge in [-0.2, -0.15) is 9.97 Å². The molecule has 4 saturated heterocycles. The second-order valence-corrected chi connectivity index (χ2v) is 18.0. The highest BCUT2D eigenvalue weighted by Gasteiger charge is 2.47. The van der Waals surface area contributed by atoms with Crippen molar-refractivity contribution in [1.82, 2.24) is 35.4 Å². The minimum absolute atomic E-state index is 0.0103. The van der Waals surface area contributed by atoms with Crippen molar-refractivity contribution in [2.45, 2.75) is 70.1 Å². The van der Waals surface area contributed by atoms with Gasteiger partial charge in [-0.15, -0.1) is 6.42 Å². The van der Waals surface area contributed by atoms with E-state index in [4.69, 9.17) is 20.9 Å². The Balaban J connectivity index is 0.00000270. The highest BCUT2D eigenvalue weighted by Crippen LogP contribution is 2.48. The molecule has 3 amide bonds. The zero-order chi connectivity index (χ0) is 46.3. The third-order valence-corrected chi connectivity index (χ3v) is 13.5. The minimum atomic E-state index is -0.755. The number of fused-ring (bicyclic) bond motifs is 4. The molecule has 3 unspecified atom stereocenters. The molecule has 6 heterocycles. The molecule has 3 N–H and O–H groups in total. The molecule has 3 aromatic carbocycles. The predicted octanol–water partition coefficient (Wildman–Crippen LogP) is 4.78. The number of aryl methyl sites for hydroxylation is 1. The summed E-state index contributed by atoms with van der Waals surface area (Å²) in [5.74, 6) is 7.51. The molecular weight excluding hydrogens is 847 g/mol. The first-order valence-corrected chi connectivity index (χ1v) is 22.1. The van der Waals surface area contributed by atoms with Gasteiger partial charge in [0, 0.05) is 91.8 Å². The van der Waals surface area contributed by atoms with E-state index in [1.165, 1.54) is 35.4 Å². The highest BCUT2D eigenvalue weighted by molar-refractivity contribution is 6.03. The van der Waals surface area contributed by atoms with Crippen LogP contribution in [0.4, 0.5) is 14.6 Å². The molecule has 2 aromatic heterocycles. The van der Waals surface area contributed by atoms with E-state index in [1.807, 2.05) is 31.9 Å². The summed E-state index contributed by atoms with van der Waals surface area (Å²) in [7, 11) is 0. The molecule has 1 saturated carbocycles. The van der Waals surface area contributed by atoms with E-state index >= 15 is 4.39 Å². The normalized spacial score (nSPS) is 20.9. The molecule has 1 aliphatic carbocycles. The number of rotatable bonds is 11. The molecule has 4 aliphatic heterocycles. The third-order valence-electron chi connectivity index (χ3n) is 13.5. The summed E-state index contributed by atoms with van der Waals surface area (Å²) in [5, 5.41) is 17.7. The Bertz CT molecular complexity index is 2870. The Kier molecular flexibility index (Phi) is 12.1. The standard InChI is InChI=1S/C49H46F2N8O5.CH2O/c1-3-36-39(50)11-8-31-17-35(61)18-37(42(31)36)44-43(51)45-38(19-52-44)46(58-23-33-9-10-34(24-58)53-33)56-48(55-45)64-26-49(14-15-49)25-57-20-30(21-57)7-6-29-5-4-28(2)32(16-29)22-59(27-60)40-12-13-41(62)54-47(40)63;1-2/h1,4-5,8,11,16-19,27,30,33-34,40,53,61H,9-10,12-15,20-26H2,2H3,(H,54,62,63);1H2. The maximum Gasteiger partial charge on any atom is 0.319 e. The molecule has 5 aromatic rings. The van der Waals surface area contributed by atoms with E-state index in [0.29, 0.717) is 49.1 Å². The molecule has 0 spiro atoms. The Morgan fingerprint density at radius 2 is 1.82 bits per heavy atom. The van der Waals surface area contributed by atoms with Gasteiger partial charge in [0.05, 0.1) is 17.6 Å². The van der Waals surface area contributed by atoms with Crippen LogP contribution in [0.1, 0.15) is 60.8 Å². The number of pyridine rings is 1. The van der Waals surface area contributed by atoms with Gasteiger partial charge in [0.2, 0.25) is 18.2 Å². The first-order chi connectivity index (χ1) is 32.0. The number of benzene rings is 3. The summed E-state index contributed by atoms with van der Waals surface area (Å²) in [6, 6.07) is 11.3. The number of aromatic hydroxyl groups is 1. The molecule has 2 bridgehead atoms. The van der Waals surface area contributed by atoms with Crippen LogP contribution in [0, 0.1) is 54.1 Å². The average molecular weight is 895 g/mol. The fourth-order valence-electron chi connectivity index (χ4n) is 9.77. The number of piperidine rings is 1. The van der Waals surface area contributed by atoms with E-state index in [0.717, 1.165) is 62.0 Å². The van der Waals surface area contributed by atoms with E-state index in [1.54, 1.807) is 0 Å². The topological polar surface area (TPSA) is 170 Å². The van der Waals surface area contributed by atoms with Gasteiger partial charge >= 0.3 is 6.01 Å². The summed E-state index contributed by atoms with van der Waals surface area (Å²) >= 11 is 0. The maximum atomic E-state index is 17.0. The molecule has 16 heteroatoms. The lowest BCUT2D eigenvalue weighted by molar-refractivity contribution is -0.141. The van der Waals surface area contributed by atoms with Crippen molar-refractivity contribution in [1.29, 1.82) is 0 Å². The summed E-state index contributed by atoms with van der Waals surface area (Å²) in [6.07, 6.45) is 12.4. The quantitative estimate of drug-likeness (QED) is 0.0945. The van der Waals surface area contributed by atoms with Crippen molar-refractivity contribution in [3.05, 3.63) is 82.5 Å². The van der Waals surface area contributed by atoms with Crippen LogP contribution in [0.25, 0.3) is 32.9 Å². The molecule has 338 valence electrons. The molecule has 66 heavy (non-hydrogen) atoms. The third kappa shape index (κ3) is 8.74. The number of amides is 3. The number of phenols is 1. The lowest BCUT2D eigenvalue weighted by Crippen LogP contribution is -2.51. The molecule has 14 nitrogen and oxygen atoms in total. The van der Waals surface area contributed by atoms with Crippen LogP contribution in [0.3, 0.4) is 0 Å². The number of phenolic OH excluding ortho intramolecular Hbond substituents is 1. The first kappa shape index (κ1) is 44.2. The van der Waals surface area contributed by atoms with Crippen LogP contribution in [-0.4, -0.2) is 112 Å². The molecule has 5 aliphatic rings. The van der Waals surface area contributed by atoms with Gasteiger partial charge in [0.25, 0.3) is 0 Å². The summed E-state index contributed by atoms with van der Waals surface area (Å²) in [6.45, 7) is 8.33.